The molecule has 10 heteroatoms. The van der Waals surface area contributed by atoms with Crippen LogP contribution in [0.25, 0.3) is 5.65 Å². The lowest BCUT2D eigenvalue weighted by Crippen LogP contribution is -2.62. The molecule has 3 fully saturated rings. The van der Waals surface area contributed by atoms with Gasteiger partial charge in [0.1, 0.15) is 0 Å². The summed E-state index contributed by atoms with van der Waals surface area (Å²) >= 11 is 8.01. The molecule has 6 rings (SSSR count). The van der Waals surface area contributed by atoms with E-state index in [1.165, 1.54) is 25.7 Å². The molecule has 0 bridgehead atoms. The number of nitrogen functional groups attached to an aromatic ring is 1. The zero-order valence-electron chi connectivity index (χ0n) is 23.1. The van der Waals surface area contributed by atoms with Gasteiger partial charge in [-0.1, -0.05) is 35.9 Å². The number of aromatic nitrogens is 3. The smallest absolute Gasteiger partial charge is 0.211 e. The van der Waals surface area contributed by atoms with E-state index in [1.807, 2.05) is 36.8 Å². The number of nitrogens with two attached hydrogens (primary N) is 1. The van der Waals surface area contributed by atoms with Gasteiger partial charge in [-0.2, -0.15) is 0 Å². The summed E-state index contributed by atoms with van der Waals surface area (Å²) in [6, 6.07) is 5.70. The molecule has 39 heavy (non-hydrogen) atoms. The van der Waals surface area contributed by atoms with E-state index < -0.39 is 11.0 Å². The summed E-state index contributed by atoms with van der Waals surface area (Å²) in [5, 5.41) is 0.564. The van der Waals surface area contributed by atoms with Crippen molar-refractivity contribution in [3.05, 3.63) is 41.8 Å². The Morgan fingerprint density at radius 1 is 1.10 bits per heavy atom. The number of benzene rings is 1. The van der Waals surface area contributed by atoms with Crippen LogP contribution in [0.4, 0.5) is 11.6 Å². The number of anilines is 2. The average molecular weight is 587 g/mol. The maximum Gasteiger partial charge on any atom is 0.211 e. The van der Waals surface area contributed by atoms with Crippen LogP contribution in [0.2, 0.25) is 5.02 Å². The summed E-state index contributed by atoms with van der Waals surface area (Å²) in [7, 11) is -1.04. The van der Waals surface area contributed by atoms with E-state index >= 15 is 0 Å². The first kappa shape index (κ1) is 27.4. The maximum atomic E-state index is 13.2. The topological polar surface area (TPSA) is 88.5 Å². The van der Waals surface area contributed by atoms with Crippen LogP contribution in [0.15, 0.2) is 46.6 Å². The van der Waals surface area contributed by atoms with E-state index in [9.17, 15) is 4.21 Å². The number of halogens is 1. The Labute approximate surface area is 243 Å². The molecule has 3 aliphatic rings. The Hall–Kier alpha value is -1.81. The molecule has 2 aromatic heterocycles. The molecule has 1 aromatic carbocycles. The maximum absolute atomic E-state index is 13.2. The van der Waals surface area contributed by atoms with Crippen molar-refractivity contribution in [3.8, 4) is 0 Å². The summed E-state index contributed by atoms with van der Waals surface area (Å²) in [6.45, 7) is 8.17. The van der Waals surface area contributed by atoms with Crippen LogP contribution < -0.4 is 15.4 Å². The number of fused-ring (bicyclic) bond motifs is 1. The first-order valence-corrected chi connectivity index (χ1v) is 16.4. The second-order valence-electron chi connectivity index (χ2n) is 12.6. The number of imidazole rings is 1. The highest BCUT2D eigenvalue weighted by atomic mass is 35.5. The predicted molar refractivity (Wildman–Crippen MR) is 162 cm³/mol. The fraction of sp³-hybridized carbons (Fsp3) is 0.586. The fourth-order valence-electron chi connectivity index (χ4n) is 7.08. The lowest BCUT2D eigenvalue weighted by Gasteiger charge is -2.55. The van der Waals surface area contributed by atoms with Gasteiger partial charge in [-0.3, -0.25) is 4.40 Å². The van der Waals surface area contributed by atoms with Crippen LogP contribution in [-0.2, 0) is 11.0 Å². The number of nitrogens with one attached hydrogen (secondary N) is 1. The lowest BCUT2D eigenvalue weighted by molar-refractivity contribution is 0.0251. The van der Waals surface area contributed by atoms with Crippen LogP contribution in [0.1, 0.15) is 72.1 Å². The summed E-state index contributed by atoms with van der Waals surface area (Å²) in [4.78, 5) is 13.9. The highest BCUT2D eigenvalue weighted by molar-refractivity contribution is 7.99. The monoisotopic (exact) mass is 586 g/mol. The molecule has 3 N–H and O–H groups in total. The van der Waals surface area contributed by atoms with E-state index in [4.69, 9.17) is 22.3 Å². The molecule has 1 spiro atoms. The minimum Gasteiger partial charge on any atom is -0.397 e. The summed E-state index contributed by atoms with van der Waals surface area (Å²) < 4.78 is 18.7. The molecule has 0 radical (unpaired) electrons. The van der Waals surface area contributed by atoms with Crippen molar-refractivity contribution < 1.29 is 4.21 Å². The Morgan fingerprint density at radius 2 is 1.87 bits per heavy atom. The van der Waals surface area contributed by atoms with Crippen molar-refractivity contribution in [1.29, 1.82) is 0 Å². The minimum atomic E-state index is -1.04. The first-order valence-electron chi connectivity index (χ1n) is 14.1. The van der Waals surface area contributed by atoms with Gasteiger partial charge >= 0.3 is 0 Å². The van der Waals surface area contributed by atoms with Crippen molar-refractivity contribution in [2.45, 2.75) is 92.2 Å². The molecular formula is C29H39ClN6OS2. The number of hydrogen-bond donors (Lipinski definition) is 2. The number of hydrogen-bond acceptors (Lipinski definition) is 6. The van der Waals surface area contributed by atoms with E-state index in [-0.39, 0.29) is 10.3 Å². The molecule has 0 amide bonds. The van der Waals surface area contributed by atoms with Crippen LogP contribution in [0, 0.1) is 11.3 Å². The standard InChI is InChI=1S/C29H39ClN6OS2/c1-27(2,3)39(37)34-29(11-6-12-29)23-9-5-10-28(23)13-16-35(17-14-28)26-33-19-22(25-32-15-18-36(25)26)38-21-8-4-7-20(31)24(21)30/h4,7-8,15,18-19,23,34H,5-6,9-14,16-17,31H2,1-3H3/t23-,39?/m1/s1. The molecule has 1 aliphatic heterocycles. The molecule has 2 aliphatic carbocycles. The zero-order valence-corrected chi connectivity index (χ0v) is 25.5. The normalized spacial score (nSPS) is 23.3. The molecular weight excluding hydrogens is 548 g/mol. The molecule has 2 saturated carbocycles. The van der Waals surface area contributed by atoms with Gasteiger partial charge in [-0.15, -0.1) is 0 Å². The van der Waals surface area contributed by atoms with Crippen LogP contribution in [0.3, 0.4) is 0 Å². The third-order valence-electron chi connectivity index (χ3n) is 9.30. The third-order valence-corrected chi connectivity index (χ3v) is 12.6. The van der Waals surface area contributed by atoms with Crippen molar-refractivity contribution >= 4 is 51.6 Å². The Bertz CT molecular complexity index is 1390. The first-order chi connectivity index (χ1) is 18.6. The number of piperidine rings is 1. The fourth-order valence-corrected chi connectivity index (χ4v) is 9.29. The van der Waals surface area contributed by atoms with Gasteiger partial charge in [0, 0.05) is 42.1 Å². The molecule has 1 unspecified atom stereocenters. The van der Waals surface area contributed by atoms with Crippen LogP contribution in [0.5, 0.6) is 0 Å². The highest BCUT2D eigenvalue weighted by Crippen LogP contribution is 2.59. The summed E-state index contributed by atoms with van der Waals surface area (Å²) in [5.41, 5.74) is 7.83. The Balaban J connectivity index is 1.21. The van der Waals surface area contributed by atoms with Crippen molar-refractivity contribution in [2.75, 3.05) is 23.7 Å². The average Bonchev–Trinajstić information content (AvgIpc) is 3.53. The van der Waals surface area contributed by atoms with Gasteiger partial charge in [0.05, 0.1) is 31.3 Å². The largest absolute Gasteiger partial charge is 0.397 e. The molecule has 210 valence electrons. The van der Waals surface area contributed by atoms with Crippen molar-refractivity contribution in [2.24, 2.45) is 11.3 Å². The van der Waals surface area contributed by atoms with E-state index in [0.29, 0.717) is 22.0 Å². The Kier molecular flexibility index (Phi) is 7.18. The van der Waals surface area contributed by atoms with Crippen molar-refractivity contribution in [3.63, 3.8) is 0 Å². The molecule has 3 aromatic rings. The van der Waals surface area contributed by atoms with Crippen LogP contribution in [-0.4, -0.2) is 42.0 Å². The van der Waals surface area contributed by atoms with Gasteiger partial charge in [0.25, 0.3) is 0 Å². The molecule has 2 atom stereocenters. The van der Waals surface area contributed by atoms with Crippen molar-refractivity contribution in [1.82, 2.24) is 19.1 Å². The van der Waals surface area contributed by atoms with Crippen LogP contribution >= 0.6 is 23.4 Å². The number of rotatable bonds is 6. The van der Waals surface area contributed by atoms with E-state index in [1.54, 1.807) is 11.8 Å². The van der Waals surface area contributed by atoms with E-state index in [0.717, 1.165) is 60.2 Å². The number of nitrogens with zero attached hydrogens (tertiary/aromatic N) is 4. The van der Waals surface area contributed by atoms with Gasteiger partial charge in [0.2, 0.25) is 5.95 Å². The SMILES string of the molecule is CC(C)(C)S(=O)NC1([C@@H]2CCCC23CCN(c2ncc(Sc4cccc(N)c4Cl)c4nccn24)CC3)CCC1. The quantitative estimate of drug-likeness (QED) is 0.322. The molecule has 3 heterocycles. The highest BCUT2D eigenvalue weighted by Gasteiger charge is 2.57. The third kappa shape index (κ3) is 4.87. The molecule has 7 nitrogen and oxygen atoms in total. The summed E-state index contributed by atoms with van der Waals surface area (Å²) in [5.74, 6) is 1.54. The second-order valence-corrected chi connectivity index (χ2v) is 16.0. The Morgan fingerprint density at radius 3 is 2.56 bits per heavy atom. The molecule has 1 saturated heterocycles. The van der Waals surface area contributed by atoms with E-state index in [2.05, 4.69) is 39.8 Å². The second kappa shape index (κ2) is 10.2. The minimum absolute atomic E-state index is 0.0354. The lowest BCUT2D eigenvalue weighted by atomic mass is 9.57. The zero-order chi connectivity index (χ0) is 27.4. The van der Waals surface area contributed by atoms with Gasteiger partial charge < -0.3 is 10.6 Å². The summed E-state index contributed by atoms with van der Waals surface area (Å²) in [6.07, 6.45) is 15.4. The van der Waals surface area contributed by atoms with Gasteiger partial charge in [0.15, 0.2) is 5.65 Å². The predicted octanol–water partition coefficient (Wildman–Crippen LogP) is 6.48. The van der Waals surface area contributed by atoms with Gasteiger partial charge in [-0.25, -0.2) is 18.9 Å². The van der Waals surface area contributed by atoms with Gasteiger partial charge in [-0.05, 0) is 89.2 Å².